The summed E-state index contributed by atoms with van der Waals surface area (Å²) in [4.78, 5) is 37.2. The second-order valence-electron chi connectivity index (χ2n) is 8.65. The quantitative estimate of drug-likeness (QED) is 0.219. The van der Waals surface area contributed by atoms with Gasteiger partial charge < -0.3 is 0 Å². The summed E-state index contributed by atoms with van der Waals surface area (Å²) in [5, 5.41) is 0. The average molecular weight is 496 g/mol. The summed E-state index contributed by atoms with van der Waals surface area (Å²) in [5.41, 5.74) is 3.29. The molecule has 1 aromatic carbocycles. The van der Waals surface area contributed by atoms with Crippen LogP contribution in [0, 0.1) is 0 Å². The van der Waals surface area contributed by atoms with Gasteiger partial charge in [-0.1, -0.05) is 0 Å². The number of rotatable bonds is 2. The van der Waals surface area contributed by atoms with Crippen molar-refractivity contribution in [1.82, 2.24) is 9.97 Å². The first-order valence-electron chi connectivity index (χ1n) is 10.7. The second-order valence-corrected chi connectivity index (χ2v) is 10.9. The van der Waals surface area contributed by atoms with Crippen LogP contribution in [-0.4, -0.2) is 36.0 Å². The molecule has 0 spiro atoms. The molecule has 1 aliphatic carbocycles. The molecule has 1 aliphatic heterocycles. The van der Waals surface area contributed by atoms with E-state index in [1.54, 1.807) is 30.3 Å². The molecule has 0 fully saturated rings. The predicted molar refractivity (Wildman–Crippen MR) is 129 cm³/mol. The fourth-order valence-corrected chi connectivity index (χ4v) is 6.67. The van der Waals surface area contributed by atoms with Crippen molar-refractivity contribution >= 4 is 48.3 Å². The molecule has 6 rings (SSSR count). The Kier molecular flexibility index (Phi) is 4.37. The fourth-order valence-electron chi connectivity index (χ4n) is 4.67. The number of anilines is 3. The third-order valence-electron chi connectivity index (χ3n) is 6.37. The Hall–Kier alpha value is -3.60. The number of benzene rings is 1. The molecule has 3 aromatic heterocycles. The monoisotopic (exact) mass is 497 g/mol. The summed E-state index contributed by atoms with van der Waals surface area (Å²) < 4.78 is 2.04. The van der Waals surface area contributed by atoms with E-state index in [0.717, 1.165) is 31.8 Å². The first-order valence-corrected chi connectivity index (χ1v) is 12.4. The van der Waals surface area contributed by atoms with Gasteiger partial charge in [-0.3, -0.25) is 0 Å². The van der Waals surface area contributed by atoms with Crippen molar-refractivity contribution in [3.8, 4) is 0 Å². The number of ketones is 2. The van der Waals surface area contributed by atoms with E-state index in [2.05, 4.69) is 36.9 Å². The van der Waals surface area contributed by atoms with Gasteiger partial charge in [0.2, 0.25) is 0 Å². The van der Waals surface area contributed by atoms with E-state index in [1.165, 1.54) is 0 Å². The number of allylic oxidation sites excluding steroid dienone is 1. The van der Waals surface area contributed by atoms with Gasteiger partial charge in [0, 0.05) is 0 Å². The number of hydrogen-bond donors (Lipinski definition) is 0. The minimum atomic E-state index is -0.220. The summed E-state index contributed by atoms with van der Waals surface area (Å²) in [6.07, 6.45) is 5.38. The summed E-state index contributed by atoms with van der Waals surface area (Å²) in [5.74, 6) is 1.37. The van der Waals surface area contributed by atoms with Crippen LogP contribution >= 0.6 is 0 Å². The van der Waals surface area contributed by atoms with Crippen LogP contribution in [0.4, 0.5) is 16.2 Å². The average Bonchev–Trinajstić information content (AvgIpc) is 3.39. The van der Waals surface area contributed by atoms with Gasteiger partial charge in [0.15, 0.2) is 0 Å². The SMILES string of the molecule is CC1(C)c2cccnc2N(c2ccc(C=C3C(=O)c4ccccc4C3=O)[se]2)c2ncccc21. The summed E-state index contributed by atoms with van der Waals surface area (Å²) in [6, 6.07) is 19.2. The molecular formula is C27H19N3O2Se. The molecule has 0 bridgehead atoms. The van der Waals surface area contributed by atoms with E-state index in [9.17, 15) is 9.59 Å². The molecule has 5 nitrogen and oxygen atoms in total. The minimum absolute atomic E-state index is 0.118. The molecule has 4 heterocycles. The molecule has 0 N–H and O–H groups in total. The van der Waals surface area contributed by atoms with Crippen molar-refractivity contribution in [2.24, 2.45) is 0 Å². The fraction of sp³-hybridized carbons (Fsp3) is 0.111. The Morgan fingerprint density at radius 2 is 1.36 bits per heavy atom. The van der Waals surface area contributed by atoms with E-state index in [-0.39, 0.29) is 37.1 Å². The Morgan fingerprint density at radius 1 is 0.788 bits per heavy atom. The summed E-state index contributed by atoms with van der Waals surface area (Å²) in [7, 11) is 0. The summed E-state index contributed by atoms with van der Waals surface area (Å²) >= 11 is -0.118. The maximum absolute atomic E-state index is 12.8. The third-order valence-corrected chi connectivity index (χ3v) is 8.50. The number of pyridine rings is 2. The summed E-state index contributed by atoms with van der Waals surface area (Å²) in [6.45, 7) is 4.39. The Balaban J connectivity index is 1.45. The first kappa shape index (κ1) is 20.0. The molecule has 2 aliphatic rings. The molecule has 6 heteroatoms. The third kappa shape index (κ3) is 2.92. The van der Waals surface area contributed by atoms with Crippen LogP contribution in [-0.2, 0) is 5.41 Å². The number of aromatic nitrogens is 2. The van der Waals surface area contributed by atoms with Gasteiger partial charge in [0.05, 0.1) is 0 Å². The standard InChI is InChI=1S/C27H19N3O2Se/c1-27(2)20-9-5-13-28-25(20)30(26-21(27)10-6-14-29-26)22-12-11-16(33-22)15-19-23(31)17-7-3-4-8-18(17)24(19)32/h3-15H,1-2H3. The molecule has 0 radical (unpaired) electrons. The van der Waals surface area contributed by atoms with Gasteiger partial charge in [0.1, 0.15) is 0 Å². The van der Waals surface area contributed by atoms with E-state index in [4.69, 9.17) is 9.97 Å². The molecule has 160 valence electrons. The van der Waals surface area contributed by atoms with Crippen LogP contribution in [0.1, 0.15) is 50.1 Å². The molecule has 0 unspecified atom stereocenters. The molecule has 4 aromatic rings. The van der Waals surface area contributed by atoms with Crippen LogP contribution in [0.2, 0.25) is 0 Å². The van der Waals surface area contributed by atoms with E-state index < -0.39 is 0 Å². The maximum atomic E-state index is 12.8. The number of carbonyl (C=O) groups excluding carboxylic acids is 2. The zero-order valence-corrected chi connectivity index (χ0v) is 19.8. The van der Waals surface area contributed by atoms with E-state index >= 15 is 0 Å². The normalized spacial score (nSPS) is 15.8. The number of Topliss-reactive ketones (excluding diaryl/α,β-unsaturated/α-hetero) is 2. The van der Waals surface area contributed by atoms with Gasteiger partial charge in [-0.15, -0.1) is 0 Å². The topological polar surface area (TPSA) is 63.2 Å². The molecular weight excluding hydrogens is 477 g/mol. The Bertz CT molecular complexity index is 1410. The number of carbonyl (C=O) groups is 2. The van der Waals surface area contributed by atoms with Crippen molar-refractivity contribution in [2.45, 2.75) is 19.3 Å². The Labute approximate surface area is 197 Å². The molecule has 0 amide bonds. The van der Waals surface area contributed by atoms with Crippen LogP contribution in [0.3, 0.4) is 0 Å². The van der Waals surface area contributed by atoms with Gasteiger partial charge in [-0.05, 0) is 0 Å². The van der Waals surface area contributed by atoms with Crippen molar-refractivity contribution in [2.75, 3.05) is 4.90 Å². The predicted octanol–water partition coefficient (Wildman–Crippen LogP) is 5.11. The van der Waals surface area contributed by atoms with Gasteiger partial charge in [-0.2, -0.15) is 0 Å². The number of hydrogen-bond acceptors (Lipinski definition) is 5. The second kappa shape index (κ2) is 7.20. The zero-order valence-electron chi connectivity index (χ0n) is 18.1. The van der Waals surface area contributed by atoms with Gasteiger partial charge in [-0.25, -0.2) is 0 Å². The first-order chi connectivity index (χ1) is 16.0. The van der Waals surface area contributed by atoms with Crippen molar-refractivity contribution in [3.63, 3.8) is 0 Å². The molecule has 0 saturated carbocycles. The van der Waals surface area contributed by atoms with E-state index in [0.29, 0.717) is 11.1 Å². The van der Waals surface area contributed by atoms with E-state index in [1.807, 2.05) is 30.6 Å². The van der Waals surface area contributed by atoms with Crippen LogP contribution in [0.15, 0.2) is 78.6 Å². The molecule has 0 saturated heterocycles. The van der Waals surface area contributed by atoms with Crippen LogP contribution < -0.4 is 4.90 Å². The van der Waals surface area contributed by atoms with Crippen molar-refractivity contribution in [3.05, 3.63) is 105 Å². The van der Waals surface area contributed by atoms with Gasteiger partial charge >= 0.3 is 197 Å². The van der Waals surface area contributed by atoms with Crippen LogP contribution in [0.25, 0.3) is 6.08 Å². The van der Waals surface area contributed by atoms with Crippen molar-refractivity contribution < 1.29 is 9.59 Å². The molecule has 0 atom stereocenters. The zero-order chi connectivity index (χ0) is 22.7. The number of fused-ring (bicyclic) bond motifs is 3. The van der Waals surface area contributed by atoms with Crippen LogP contribution in [0.5, 0.6) is 0 Å². The van der Waals surface area contributed by atoms with Crippen molar-refractivity contribution in [1.29, 1.82) is 0 Å². The molecule has 33 heavy (non-hydrogen) atoms. The number of nitrogens with zero attached hydrogens (tertiary/aromatic N) is 3. The van der Waals surface area contributed by atoms with Gasteiger partial charge in [0.25, 0.3) is 0 Å². The Morgan fingerprint density at radius 3 is 1.94 bits per heavy atom.